The summed E-state index contributed by atoms with van der Waals surface area (Å²) >= 11 is 0. The highest BCUT2D eigenvalue weighted by atomic mass is 35.5. The maximum atomic E-state index is 13.0. The first kappa shape index (κ1) is 23.8. The van der Waals surface area contributed by atoms with E-state index in [-0.39, 0.29) is 18.3 Å². The number of likely N-dealkylation sites (tertiary alicyclic amines) is 1. The summed E-state index contributed by atoms with van der Waals surface area (Å²) < 4.78 is 17.0. The third kappa shape index (κ3) is 5.80. The minimum atomic E-state index is -0.000818. The fraction of sp³-hybridized carbons (Fsp3) is 0.435. The van der Waals surface area contributed by atoms with Gasteiger partial charge in [0.15, 0.2) is 11.5 Å². The molecule has 0 unspecified atom stereocenters. The minimum Gasteiger partial charge on any atom is -0.493 e. The van der Waals surface area contributed by atoms with Gasteiger partial charge in [0, 0.05) is 18.7 Å². The zero-order valence-corrected chi connectivity index (χ0v) is 18.7. The van der Waals surface area contributed by atoms with E-state index in [0.717, 1.165) is 38.0 Å². The monoisotopic (exact) mass is 434 g/mol. The molecule has 1 fully saturated rings. The number of hydrogen-bond acceptors (Lipinski definition) is 5. The maximum absolute atomic E-state index is 13.0. The van der Waals surface area contributed by atoms with E-state index in [2.05, 4.69) is 5.32 Å². The number of piperidine rings is 1. The number of hydrogen-bond donors (Lipinski definition) is 1. The SMILES string of the molecule is CNCC1CCN(C(=O)c2cc(OC)c(OCc3ccccc3)c(OC)c2)CC1.Cl. The van der Waals surface area contributed by atoms with Gasteiger partial charge in [-0.1, -0.05) is 30.3 Å². The lowest BCUT2D eigenvalue weighted by Gasteiger charge is -2.32. The third-order valence-electron chi connectivity index (χ3n) is 5.33. The Morgan fingerprint density at radius 1 is 1.07 bits per heavy atom. The van der Waals surface area contributed by atoms with Crippen LogP contribution in [-0.2, 0) is 6.61 Å². The Balaban J connectivity index is 0.00000320. The van der Waals surface area contributed by atoms with Gasteiger partial charge in [-0.3, -0.25) is 4.79 Å². The van der Waals surface area contributed by atoms with Crippen LogP contribution in [0.2, 0.25) is 0 Å². The molecular weight excluding hydrogens is 404 g/mol. The third-order valence-corrected chi connectivity index (χ3v) is 5.33. The van der Waals surface area contributed by atoms with E-state index in [4.69, 9.17) is 14.2 Å². The van der Waals surface area contributed by atoms with Crippen molar-refractivity contribution >= 4 is 18.3 Å². The average Bonchev–Trinajstić information content (AvgIpc) is 2.78. The van der Waals surface area contributed by atoms with Gasteiger partial charge in [0.1, 0.15) is 6.61 Å². The Morgan fingerprint density at radius 2 is 1.67 bits per heavy atom. The lowest BCUT2D eigenvalue weighted by atomic mass is 9.96. The summed E-state index contributed by atoms with van der Waals surface area (Å²) in [7, 11) is 5.11. The normalized spacial score (nSPS) is 14.0. The van der Waals surface area contributed by atoms with E-state index in [1.54, 1.807) is 26.4 Å². The molecule has 1 heterocycles. The predicted octanol–water partition coefficient (Wildman–Crippen LogP) is 3.78. The first-order chi connectivity index (χ1) is 14.2. The van der Waals surface area contributed by atoms with E-state index in [1.165, 1.54) is 0 Å². The topological polar surface area (TPSA) is 60.0 Å². The van der Waals surface area contributed by atoms with Gasteiger partial charge in [-0.05, 0) is 50.0 Å². The molecule has 7 heteroatoms. The molecule has 1 aliphatic rings. The van der Waals surface area contributed by atoms with E-state index < -0.39 is 0 Å². The van der Waals surface area contributed by atoms with Crippen molar-refractivity contribution in [3.05, 3.63) is 53.6 Å². The lowest BCUT2D eigenvalue weighted by Crippen LogP contribution is -2.40. The highest BCUT2D eigenvalue weighted by Gasteiger charge is 2.25. The highest BCUT2D eigenvalue weighted by Crippen LogP contribution is 2.39. The standard InChI is InChI=1S/C23H30N2O4.ClH/c1-24-15-17-9-11-25(12-10-17)23(26)19-13-20(27-2)22(21(14-19)28-3)29-16-18-7-5-4-6-8-18;/h4-8,13-14,17,24H,9-12,15-16H2,1-3H3;1H. The summed E-state index contributed by atoms with van der Waals surface area (Å²) in [6.07, 6.45) is 2.03. The van der Waals surface area contributed by atoms with Crippen molar-refractivity contribution in [2.45, 2.75) is 19.4 Å². The van der Waals surface area contributed by atoms with E-state index in [1.807, 2.05) is 42.3 Å². The molecule has 164 valence electrons. The molecule has 1 saturated heterocycles. The molecular formula is C23H31ClN2O4. The number of amides is 1. The molecule has 1 N–H and O–H groups in total. The van der Waals surface area contributed by atoms with Gasteiger partial charge in [0.2, 0.25) is 5.75 Å². The van der Waals surface area contributed by atoms with Crippen molar-refractivity contribution in [2.24, 2.45) is 5.92 Å². The Kier molecular flexibility index (Phi) is 9.27. The number of ether oxygens (including phenoxy) is 3. The molecule has 30 heavy (non-hydrogen) atoms. The zero-order valence-electron chi connectivity index (χ0n) is 17.8. The first-order valence-electron chi connectivity index (χ1n) is 10.0. The molecule has 6 nitrogen and oxygen atoms in total. The van der Waals surface area contributed by atoms with Gasteiger partial charge >= 0.3 is 0 Å². The van der Waals surface area contributed by atoms with Crippen LogP contribution >= 0.6 is 12.4 Å². The molecule has 0 spiro atoms. The molecule has 0 atom stereocenters. The van der Waals surface area contributed by atoms with Gasteiger partial charge in [-0.25, -0.2) is 0 Å². The summed E-state index contributed by atoms with van der Waals surface area (Å²) in [6, 6.07) is 13.4. The average molecular weight is 435 g/mol. The molecule has 0 radical (unpaired) electrons. The van der Waals surface area contributed by atoms with E-state index in [9.17, 15) is 4.79 Å². The molecule has 2 aromatic carbocycles. The van der Waals surface area contributed by atoms with Crippen molar-refractivity contribution in [1.82, 2.24) is 10.2 Å². The first-order valence-corrected chi connectivity index (χ1v) is 10.0. The van der Waals surface area contributed by atoms with Gasteiger partial charge < -0.3 is 24.4 Å². The summed E-state index contributed by atoms with van der Waals surface area (Å²) in [4.78, 5) is 15.0. The van der Waals surface area contributed by atoms with Crippen molar-refractivity contribution in [3.63, 3.8) is 0 Å². The van der Waals surface area contributed by atoms with Crippen molar-refractivity contribution in [3.8, 4) is 17.2 Å². The lowest BCUT2D eigenvalue weighted by molar-refractivity contribution is 0.0690. The smallest absolute Gasteiger partial charge is 0.254 e. The number of nitrogens with zero attached hydrogens (tertiary/aromatic N) is 1. The summed E-state index contributed by atoms with van der Waals surface area (Å²) in [6.45, 7) is 2.92. The molecule has 1 amide bonds. The number of nitrogens with one attached hydrogen (secondary N) is 1. The van der Waals surface area contributed by atoms with Gasteiger partial charge in [0.05, 0.1) is 14.2 Å². The van der Waals surface area contributed by atoms with Crippen molar-refractivity contribution < 1.29 is 19.0 Å². The van der Waals surface area contributed by atoms with Crippen LogP contribution in [0.1, 0.15) is 28.8 Å². The van der Waals surface area contributed by atoms with Crippen LogP contribution in [0.25, 0.3) is 0 Å². The predicted molar refractivity (Wildman–Crippen MR) is 120 cm³/mol. The molecule has 2 aromatic rings. The number of benzene rings is 2. The van der Waals surface area contributed by atoms with Crippen LogP contribution in [0.15, 0.2) is 42.5 Å². The molecule has 0 aromatic heterocycles. The second-order valence-electron chi connectivity index (χ2n) is 7.28. The summed E-state index contributed by atoms with van der Waals surface area (Å²) in [5, 5.41) is 3.22. The number of halogens is 1. The highest BCUT2D eigenvalue weighted by molar-refractivity contribution is 5.95. The quantitative estimate of drug-likeness (QED) is 0.685. The fourth-order valence-corrected chi connectivity index (χ4v) is 3.69. The molecule has 0 saturated carbocycles. The molecule has 0 aliphatic carbocycles. The van der Waals surface area contributed by atoms with Crippen molar-refractivity contribution in [1.29, 1.82) is 0 Å². The van der Waals surface area contributed by atoms with Crippen molar-refractivity contribution in [2.75, 3.05) is 40.9 Å². The number of rotatable bonds is 8. The summed E-state index contributed by atoms with van der Waals surface area (Å²) in [5.74, 6) is 2.12. The largest absolute Gasteiger partial charge is 0.493 e. The van der Waals surface area contributed by atoms with Crippen LogP contribution in [0, 0.1) is 5.92 Å². The second-order valence-corrected chi connectivity index (χ2v) is 7.28. The van der Waals surface area contributed by atoms with Gasteiger partial charge in [-0.2, -0.15) is 0 Å². The Hall–Kier alpha value is -2.44. The Bertz CT molecular complexity index is 783. The van der Waals surface area contributed by atoms with E-state index >= 15 is 0 Å². The molecule has 3 rings (SSSR count). The summed E-state index contributed by atoms with van der Waals surface area (Å²) in [5.41, 5.74) is 1.60. The van der Waals surface area contributed by atoms with Crippen LogP contribution in [0.5, 0.6) is 17.2 Å². The molecule has 1 aliphatic heterocycles. The molecule has 0 bridgehead atoms. The Labute approximate surface area is 184 Å². The van der Waals surface area contributed by atoms with Gasteiger partial charge in [-0.15, -0.1) is 12.4 Å². The second kappa shape index (κ2) is 11.7. The van der Waals surface area contributed by atoms with Crippen LogP contribution < -0.4 is 19.5 Å². The fourth-order valence-electron chi connectivity index (χ4n) is 3.69. The number of carbonyl (C=O) groups is 1. The van der Waals surface area contributed by atoms with Crippen LogP contribution in [0.3, 0.4) is 0 Å². The van der Waals surface area contributed by atoms with Gasteiger partial charge in [0.25, 0.3) is 5.91 Å². The maximum Gasteiger partial charge on any atom is 0.254 e. The Morgan fingerprint density at radius 3 is 2.20 bits per heavy atom. The van der Waals surface area contributed by atoms with Crippen LogP contribution in [-0.4, -0.2) is 51.7 Å². The minimum absolute atomic E-state index is 0. The van der Waals surface area contributed by atoms with E-state index in [0.29, 0.717) is 35.3 Å². The zero-order chi connectivity index (χ0) is 20.6. The van der Waals surface area contributed by atoms with Crippen LogP contribution in [0.4, 0.5) is 0 Å². The number of carbonyl (C=O) groups excluding carboxylic acids is 1. The number of methoxy groups -OCH3 is 2.